The van der Waals surface area contributed by atoms with Gasteiger partial charge in [0, 0.05) is 6.42 Å². The standard InChI is InChI=1S/C14H19NO2/c1-2-3-9-14(17)15-13(11-16)10-12-7-5-4-6-8-12/h2,4-8,13,16H,1,3,9-11H2,(H,15,17)/t13-/m0/s1. The van der Waals surface area contributed by atoms with Gasteiger partial charge >= 0.3 is 0 Å². The fraction of sp³-hybridized carbons (Fsp3) is 0.357. The maximum absolute atomic E-state index is 11.5. The molecule has 1 aromatic carbocycles. The molecule has 0 aliphatic heterocycles. The van der Waals surface area contributed by atoms with Crippen molar-refractivity contribution in [3.63, 3.8) is 0 Å². The van der Waals surface area contributed by atoms with Gasteiger partial charge in [-0.25, -0.2) is 0 Å². The monoisotopic (exact) mass is 233 g/mol. The highest BCUT2D eigenvalue weighted by atomic mass is 16.3. The first-order valence-electron chi connectivity index (χ1n) is 5.81. The molecule has 2 N–H and O–H groups in total. The highest BCUT2D eigenvalue weighted by molar-refractivity contribution is 5.76. The molecule has 3 heteroatoms. The first kappa shape index (κ1) is 13.5. The van der Waals surface area contributed by atoms with Crippen molar-refractivity contribution in [2.24, 2.45) is 0 Å². The fourth-order valence-corrected chi connectivity index (χ4v) is 1.59. The summed E-state index contributed by atoms with van der Waals surface area (Å²) in [5.41, 5.74) is 1.11. The molecule has 1 atom stereocenters. The molecule has 1 aromatic rings. The van der Waals surface area contributed by atoms with Crippen LogP contribution in [0.5, 0.6) is 0 Å². The summed E-state index contributed by atoms with van der Waals surface area (Å²) in [5.74, 6) is -0.0418. The summed E-state index contributed by atoms with van der Waals surface area (Å²) < 4.78 is 0. The number of amides is 1. The molecule has 0 aliphatic rings. The number of rotatable bonds is 7. The van der Waals surface area contributed by atoms with E-state index < -0.39 is 0 Å². The van der Waals surface area contributed by atoms with Crippen LogP contribution in [0.3, 0.4) is 0 Å². The van der Waals surface area contributed by atoms with E-state index in [-0.39, 0.29) is 18.6 Å². The second-order valence-electron chi connectivity index (χ2n) is 3.96. The van der Waals surface area contributed by atoms with Crippen LogP contribution in [0.1, 0.15) is 18.4 Å². The van der Waals surface area contributed by atoms with Crippen LogP contribution in [0.25, 0.3) is 0 Å². The third kappa shape index (κ3) is 5.31. The average Bonchev–Trinajstić information content (AvgIpc) is 2.36. The Labute approximate surface area is 102 Å². The molecule has 0 saturated carbocycles. The number of hydrogen-bond acceptors (Lipinski definition) is 2. The number of allylic oxidation sites excluding steroid dienone is 1. The van der Waals surface area contributed by atoms with E-state index in [1.165, 1.54) is 0 Å². The Morgan fingerprint density at radius 2 is 2.12 bits per heavy atom. The zero-order chi connectivity index (χ0) is 12.5. The molecule has 0 heterocycles. The van der Waals surface area contributed by atoms with Gasteiger partial charge in [-0.1, -0.05) is 36.4 Å². The summed E-state index contributed by atoms with van der Waals surface area (Å²) in [4.78, 5) is 11.5. The lowest BCUT2D eigenvalue weighted by molar-refractivity contribution is -0.122. The molecule has 0 aliphatic carbocycles. The summed E-state index contributed by atoms with van der Waals surface area (Å²) in [7, 11) is 0. The third-order valence-electron chi connectivity index (χ3n) is 2.49. The molecule has 0 fully saturated rings. The van der Waals surface area contributed by atoms with E-state index in [0.29, 0.717) is 19.3 Å². The number of hydrogen-bond donors (Lipinski definition) is 2. The second kappa shape index (κ2) is 7.63. The number of carbonyl (C=O) groups is 1. The minimum atomic E-state index is -0.213. The Hall–Kier alpha value is -1.61. The Morgan fingerprint density at radius 3 is 2.71 bits per heavy atom. The van der Waals surface area contributed by atoms with Crippen LogP contribution < -0.4 is 5.32 Å². The van der Waals surface area contributed by atoms with Crippen molar-refractivity contribution >= 4 is 5.91 Å². The van der Waals surface area contributed by atoms with Gasteiger partial charge in [-0.15, -0.1) is 6.58 Å². The molecular weight excluding hydrogens is 214 g/mol. The van der Waals surface area contributed by atoms with E-state index >= 15 is 0 Å². The Kier molecular flexibility index (Phi) is 6.04. The van der Waals surface area contributed by atoms with Crippen LogP contribution in [-0.4, -0.2) is 23.7 Å². The molecular formula is C14H19NO2. The lowest BCUT2D eigenvalue weighted by Crippen LogP contribution is -2.38. The highest BCUT2D eigenvalue weighted by Crippen LogP contribution is 2.03. The number of carbonyl (C=O) groups excluding carboxylic acids is 1. The molecule has 1 rings (SSSR count). The van der Waals surface area contributed by atoms with Gasteiger partial charge in [-0.3, -0.25) is 4.79 Å². The zero-order valence-electron chi connectivity index (χ0n) is 9.93. The predicted molar refractivity (Wildman–Crippen MR) is 68.6 cm³/mol. The van der Waals surface area contributed by atoms with Crippen LogP contribution in [0.15, 0.2) is 43.0 Å². The minimum Gasteiger partial charge on any atom is -0.394 e. The summed E-state index contributed by atoms with van der Waals surface area (Å²) in [6.45, 7) is 3.52. The SMILES string of the molecule is C=CCCC(=O)N[C@H](CO)Cc1ccccc1. The molecule has 92 valence electrons. The van der Waals surface area contributed by atoms with E-state index in [1.807, 2.05) is 30.3 Å². The van der Waals surface area contributed by atoms with Gasteiger partial charge in [0.1, 0.15) is 0 Å². The Morgan fingerprint density at radius 1 is 1.41 bits per heavy atom. The fourth-order valence-electron chi connectivity index (χ4n) is 1.59. The molecule has 0 spiro atoms. The van der Waals surface area contributed by atoms with Crippen molar-refractivity contribution in [2.75, 3.05) is 6.61 Å². The van der Waals surface area contributed by atoms with E-state index in [2.05, 4.69) is 11.9 Å². The van der Waals surface area contributed by atoms with E-state index in [1.54, 1.807) is 6.08 Å². The normalized spacial score (nSPS) is 11.8. The van der Waals surface area contributed by atoms with Gasteiger partial charge in [0.15, 0.2) is 0 Å². The Balaban J connectivity index is 2.43. The van der Waals surface area contributed by atoms with E-state index in [0.717, 1.165) is 5.56 Å². The van der Waals surface area contributed by atoms with Crippen LogP contribution in [-0.2, 0) is 11.2 Å². The first-order valence-corrected chi connectivity index (χ1v) is 5.81. The number of nitrogens with one attached hydrogen (secondary N) is 1. The van der Waals surface area contributed by atoms with Crippen molar-refractivity contribution < 1.29 is 9.90 Å². The predicted octanol–water partition coefficient (Wildman–Crippen LogP) is 1.67. The molecule has 1 amide bonds. The van der Waals surface area contributed by atoms with Gasteiger partial charge in [-0.2, -0.15) is 0 Å². The number of benzene rings is 1. The number of aliphatic hydroxyl groups is 1. The van der Waals surface area contributed by atoms with Crippen LogP contribution in [0.4, 0.5) is 0 Å². The first-order chi connectivity index (χ1) is 8.26. The van der Waals surface area contributed by atoms with Crippen molar-refractivity contribution in [2.45, 2.75) is 25.3 Å². The van der Waals surface area contributed by atoms with E-state index in [9.17, 15) is 9.90 Å². The minimum absolute atomic E-state index is 0.0418. The maximum atomic E-state index is 11.5. The second-order valence-corrected chi connectivity index (χ2v) is 3.96. The Bertz CT molecular complexity index is 348. The van der Waals surface area contributed by atoms with Crippen LogP contribution in [0, 0.1) is 0 Å². The maximum Gasteiger partial charge on any atom is 0.220 e. The van der Waals surface area contributed by atoms with Crippen LogP contribution >= 0.6 is 0 Å². The van der Waals surface area contributed by atoms with Gasteiger partial charge in [0.25, 0.3) is 0 Å². The quantitative estimate of drug-likeness (QED) is 0.704. The zero-order valence-corrected chi connectivity index (χ0v) is 9.93. The van der Waals surface area contributed by atoms with Gasteiger partial charge in [-0.05, 0) is 18.4 Å². The lowest BCUT2D eigenvalue weighted by Gasteiger charge is -2.16. The average molecular weight is 233 g/mol. The third-order valence-corrected chi connectivity index (χ3v) is 2.49. The van der Waals surface area contributed by atoms with E-state index in [4.69, 9.17) is 0 Å². The topological polar surface area (TPSA) is 49.3 Å². The van der Waals surface area contributed by atoms with Gasteiger partial charge in [0.05, 0.1) is 12.6 Å². The largest absolute Gasteiger partial charge is 0.394 e. The van der Waals surface area contributed by atoms with Gasteiger partial charge < -0.3 is 10.4 Å². The summed E-state index contributed by atoms with van der Waals surface area (Å²) in [6, 6.07) is 9.60. The molecule has 0 aromatic heterocycles. The smallest absolute Gasteiger partial charge is 0.220 e. The van der Waals surface area contributed by atoms with Crippen molar-refractivity contribution in [1.29, 1.82) is 0 Å². The van der Waals surface area contributed by atoms with Crippen molar-refractivity contribution in [1.82, 2.24) is 5.32 Å². The molecule has 0 bridgehead atoms. The molecule has 0 saturated heterocycles. The number of aliphatic hydroxyl groups excluding tert-OH is 1. The molecule has 3 nitrogen and oxygen atoms in total. The molecule has 0 radical (unpaired) electrons. The summed E-state index contributed by atoms with van der Waals surface area (Å²) in [6.07, 6.45) is 3.45. The summed E-state index contributed by atoms with van der Waals surface area (Å²) >= 11 is 0. The molecule has 17 heavy (non-hydrogen) atoms. The van der Waals surface area contributed by atoms with Crippen molar-refractivity contribution in [3.8, 4) is 0 Å². The summed E-state index contributed by atoms with van der Waals surface area (Å²) in [5, 5.41) is 12.0. The van der Waals surface area contributed by atoms with Gasteiger partial charge in [0.2, 0.25) is 5.91 Å². The van der Waals surface area contributed by atoms with Crippen molar-refractivity contribution in [3.05, 3.63) is 48.6 Å². The molecule has 0 unspecified atom stereocenters. The van der Waals surface area contributed by atoms with Crippen LogP contribution in [0.2, 0.25) is 0 Å². The lowest BCUT2D eigenvalue weighted by atomic mass is 10.1. The highest BCUT2D eigenvalue weighted by Gasteiger charge is 2.11.